The van der Waals surface area contributed by atoms with Gasteiger partial charge in [0.25, 0.3) is 5.89 Å². The molecule has 1 saturated carbocycles. The number of aromatic nitrogens is 2. The van der Waals surface area contributed by atoms with Gasteiger partial charge in [0.05, 0.1) is 5.69 Å². The molecule has 2 aromatic heterocycles. The minimum atomic E-state index is 0.466. The maximum absolute atomic E-state index is 5.86. The van der Waals surface area contributed by atoms with E-state index in [9.17, 15) is 0 Å². The Hall–Kier alpha value is -1.36. The second-order valence-electron chi connectivity index (χ2n) is 4.95. The number of nitrogens with zero attached hydrogens (tertiary/aromatic N) is 2. The van der Waals surface area contributed by atoms with E-state index in [0.717, 1.165) is 16.6 Å². The van der Waals surface area contributed by atoms with E-state index in [1.165, 1.54) is 25.7 Å². The quantitative estimate of drug-likeness (QED) is 0.917. The molecule has 5 heteroatoms. The monoisotopic (exact) mass is 263 g/mol. The van der Waals surface area contributed by atoms with Gasteiger partial charge in [-0.25, -0.2) is 0 Å². The molecule has 2 atom stereocenters. The Labute approximate surface area is 110 Å². The number of nitrogen functional groups attached to an aromatic ring is 1. The van der Waals surface area contributed by atoms with Crippen LogP contribution in [0.5, 0.6) is 0 Å². The summed E-state index contributed by atoms with van der Waals surface area (Å²) in [5.74, 6) is 2.71. The van der Waals surface area contributed by atoms with Crippen molar-refractivity contribution in [2.45, 2.75) is 38.5 Å². The van der Waals surface area contributed by atoms with E-state index in [4.69, 9.17) is 10.3 Å². The van der Waals surface area contributed by atoms with E-state index in [1.54, 1.807) is 11.3 Å². The average Bonchev–Trinajstić information content (AvgIpc) is 3.07. The van der Waals surface area contributed by atoms with Crippen molar-refractivity contribution in [1.29, 1.82) is 0 Å². The molecule has 1 aliphatic rings. The Morgan fingerprint density at radius 1 is 1.50 bits per heavy atom. The second-order valence-corrected chi connectivity index (χ2v) is 5.86. The van der Waals surface area contributed by atoms with Crippen molar-refractivity contribution in [2.75, 3.05) is 5.73 Å². The highest BCUT2D eigenvalue weighted by molar-refractivity contribution is 7.14. The number of hydrogen-bond acceptors (Lipinski definition) is 5. The van der Waals surface area contributed by atoms with Crippen LogP contribution >= 0.6 is 11.3 Å². The zero-order chi connectivity index (χ0) is 12.5. The Morgan fingerprint density at radius 3 is 3.06 bits per heavy atom. The van der Waals surface area contributed by atoms with Gasteiger partial charge < -0.3 is 10.3 Å². The Balaban J connectivity index is 1.80. The summed E-state index contributed by atoms with van der Waals surface area (Å²) in [5, 5.41) is 6.07. The lowest BCUT2D eigenvalue weighted by atomic mass is 10.0. The fourth-order valence-electron chi connectivity index (χ4n) is 2.67. The van der Waals surface area contributed by atoms with Crippen LogP contribution in [0.15, 0.2) is 16.0 Å². The summed E-state index contributed by atoms with van der Waals surface area (Å²) in [6, 6.07) is 1.87. The fourth-order valence-corrected chi connectivity index (χ4v) is 3.40. The van der Waals surface area contributed by atoms with Crippen LogP contribution in [0, 0.1) is 5.92 Å². The molecule has 18 heavy (non-hydrogen) atoms. The molecule has 0 radical (unpaired) electrons. The molecule has 2 heterocycles. The number of hydrogen-bond donors (Lipinski definition) is 1. The Kier molecular flexibility index (Phi) is 3.07. The van der Waals surface area contributed by atoms with Gasteiger partial charge in [-0.15, -0.1) is 11.3 Å². The van der Waals surface area contributed by atoms with Crippen molar-refractivity contribution >= 4 is 17.0 Å². The van der Waals surface area contributed by atoms with Crippen molar-refractivity contribution in [3.8, 4) is 10.8 Å². The lowest BCUT2D eigenvalue weighted by Crippen LogP contribution is -1.97. The molecule has 1 fully saturated rings. The van der Waals surface area contributed by atoms with Crippen molar-refractivity contribution in [3.05, 3.63) is 17.3 Å². The lowest BCUT2D eigenvalue weighted by Gasteiger charge is -2.04. The average molecular weight is 263 g/mol. The van der Waals surface area contributed by atoms with Crippen molar-refractivity contribution in [3.63, 3.8) is 0 Å². The van der Waals surface area contributed by atoms with Crippen LogP contribution in [0.4, 0.5) is 5.69 Å². The van der Waals surface area contributed by atoms with Crippen LogP contribution in [0.25, 0.3) is 10.8 Å². The molecular formula is C13H17N3OS. The third-order valence-electron chi connectivity index (χ3n) is 3.82. The number of anilines is 1. The van der Waals surface area contributed by atoms with Crippen LogP contribution in [0.1, 0.15) is 44.3 Å². The predicted octanol–water partition coefficient (Wildman–Crippen LogP) is 3.67. The Bertz CT molecular complexity index is 534. The first-order valence-electron chi connectivity index (χ1n) is 6.45. The first kappa shape index (κ1) is 11.7. The van der Waals surface area contributed by atoms with Gasteiger partial charge in [0.1, 0.15) is 4.88 Å². The van der Waals surface area contributed by atoms with Gasteiger partial charge in [0.15, 0.2) is 5.82 Å². The van der Waals surface area contributed by atoms with Crippen molar-refractivity contribution in [1.82, 2.24) is 10.1 Å². The molecule has 0 bridgehead atoms. The summed E-state index contributed by atoms with van der Waals surface area (Å²) in [5.41, 5.74) is 6.58. The third-order valence-corrected chi connectivity index (χ3v) is 4.73. The van der Waals surface area contributed by atoms with E-state index < -0.39 is 0 Å². The van der Waals surface area contributed by atoms with E-state index in [0.29, 0.717) is 17.5 Å². The van der Waals surface area contributed by atoms with E-state index in [1.807, 2.05) is 11.4 Å². The first-order chi connectivity index (χ1) is 8.78. The molecular weight excluding hydrogens is 246 g/mol. The highest BCUT2D eigenvalue weighted by Crippen LogP contribution is 2.39. The molecule has 0 spiro atoms. The van der Waals surface area contributed by atoms with Gasteiger partial charge in [0.2, 0.25) is 0 Å². The van der Waals surface area contributed by atoms with Gasteiger partial charge in [0, 0.05) is 5.92 Å². The summed E-state index contributed by atoms with van der Waals surface area (Å²) >= 11 is 1.54. The summed E-state index contributed by atoms with van der Waals surface area (Å²) in [6.45, 7) is 2.25. The SMILES string of the molecule is CCC1CCC(c2noc(-c3sccc3N)n2)C1. The number of thiophene rings is 1. The standard InChI is InChI=1S/C13H17N3OS/c1-2-8-3-4-9(7-8)12-15-13(17-16-12)11-10(14)5-6-18-11/h5-6,8-9H,2-4,7,14H2,1H3. The van der Waals surface area contributed by atoms with E-state index >= 15 is 0 Å². The molecule has 2 aromatic rings. The zero-order valence-corrected chi connectivity index (χ0v) is 11.2. The van der Waals surface area contributed by atoms with Crippen LogP contribution in [0.3, 0.4) is 0 Å². The molecule has 0 amide bonds. The van der Waals surface area contributed by atoms with Crippen LogP contribution in [0.2, 0.25) is 0 Å². The minimum Gasteiger partial charge on any atom is -0.397 e. The summed E-state index contributed by atoms with van der Waals surface area (Å²) < 4.78 is 5.34. The molecule has 0 saturated heterocycles. The molecule has 4 nitrogen and oxygen atoms in total. The molecule has 0 aromatic carbocycles. The molecule has 3 rings (SSSR count). The minimum absolute atomic E-state index is 0.466. The second kappa shape index (κ2) is 4.72. The van der Waals surface area contributed by atoms with Gasteiger partial charge in [-0.05, 0) is 36.6 Å². The molecule has 2 N–H and O–H groups in total. The van der Waals surface area contributed by atoms with Gasteiger partial charge in [-0.2, -0.15) is 4.98 Å². The lowest BCUT2D eigenvalue weighted by molar-refractivity contribution is 0.414. The van der Waals surface area contributed by atoms with Gasteiger partial charge >= 0.3 is 0 Å². The Morgan fingerprint density at radius 2 is 2.39 bits per heavy atom. The van der Waals surface area contributed by atoms with Crippen LogP contribution < -0.4 is 5.73 Å². The van der Waals surface area contributed by atoms with Gasteiger partial charge in [-0.3, -0.25) is 0 Å². The molecule has 2 unspecified atom stereocenters. The highest BCUT2D eigenvalue weighted by atomic mass is 32.1. The molecule has 0 aliphatic heterocycles. The largest absolute Gasteiger partial charge is 0.397 e. The van der Waals surface area contributed by atoms with Crippen molar-refractivity contribution in [2.24, 2.45) is 5.92 Å². The van der Waals surface area contributed by atoms with Crippen LogP contribution in [-0.2, 0) is 0 Å². The van der Waals surface area contributed by atoms with Gasteiger partial charge in [-0.1, -0.05) is 18.5 Å². The third kappa shape index (κ3) is 2.03. The first-order valence-corrected chi connectivity index (χ1v) is 7.32. The summed E-state index contributed by atoms with van der Waals surface area (Å²) in [6.07, 6.45) is 4.90. The summed E-state index contributed by atoms with van der Waals surface area (Å²) in [4.78, 5) is 5.40. The van der Waals surface area contributed by atoms with Crippen LogP contribution in [-0.4, -0.2) is 10.1 Å². The summed E-state index contributed by atoms with van der Waals surface area (Å²) in [7, 11) is 0. The number of nitrogens with two attached hydrogens (primary N) is 1. The topological polar surface area (TPSA) is 64.9 Å². The molecule has 96 valence electrons. The fraction of sp³-hybridized carbons (Fsp3) is 0.538. The zero-order valence-electron chi connectivity index (χ0n) is 10.4. The van der Waals surface area contributed by atoms with E-state index in [-0.39, 0.29) is 0 Å². The maximum Gasteiger partial charge on any atom is 0.270 e. The van der Waals surface area contributed by atoms with E-state index in [2.05, 4.69) is 17.1 Å². The van der Waals surface area contributed by atoms with Crippen molar-refractivity contribution < 1.29 is 4.52 Å². The highest BCUT2D eigenvalue weighted by Gasteiger charge is 2.28. The normalized spacial score (nSPS) is 23.6. The maximum atomic E-state index is 5.86. The number of rotatable bonds is 3. The molecule has 1 aliphatic carbocycles. The predicted molar refractivity (Wildman–Crippen MR) is 72.4 cm³/mol. The smallest absolute Gasteiger partial charge is 0.270 e.